The minimum atomic E-state index is -0.785. The molecule has 106 valence electrons. The summed E-state index contributed by atoms with van der Waals surface area (Å²) in [4.78, 5) is 11.6. The number of rotatable bonds is 5. The van der Waals surface area contributed by atoms with E-state index in [4.69, 9.17) is 10.5 Å². The first-order valence-electron chi connectivity index (χ1n) is 6.13. The van der Waals surface area contributed by atoms with E-state index < -0.39 is 11.4 Å². The number of carbonyl (C=O) groups excluding carboxylic acids is 1. The van der Waals surface area contributed by atoms with Crippen LogP contribution in [0.15, 0.2) is 22.7 Å². The van der Waals surface area contributed by atoms with Gasteiger partial charge in [-0.1, -0.05) is 35.8 Å². The molecule has 0 saturated heterocycles. The van der Waals surface area contributed by atoms with Gasteiger partial charge in [0.2, 0.25) is 0 Å². The minimum Gasteiger partial charge on any atom is -0.469 e. The van der Waals surface area contributed by atoms with Gasteiger partial charge in [-0.05, 0) is 24.1 Å². The van der Waals surface area contributed by atoms with E-state index in [9.17, 15) is 9.18 Å². The second-order valence-corrected chi connectivity index (χ2v) is 5.72. The van der Waals surface area contributed by atoms with Gasteiger partial charge in [0.1, 0.15) is 5.82 Å². The number of esters is 1. The van der Waals surface area contributed by atoms with Crippen LogP contribution in [0.25, 0.3) is 0 Å². The molecule has 2 atom stereocenters. The van der Waals surface area contributed by atoms with Gasteiger partial charge in [-0.2, -0.15) is 0 Å². The summed E-state index contributed by atoms with van der Waals surface area (Å²) in [5.74, 6) is -0.765. The number of hydrogen-bond acceptors (Lipinski definition) is 3. The number of halogens is 2. The van der Waals surface area contributed by atoms with Crippen molar-refractivity contribution in [3.63, 3.8) is 0 Å². The Morgan fingerprint density at radius 2 is 2.21 bits per heavy atom. The van der Waals surface area contributed by atoms with Gasteiger partial charge in [-0.15, -0.1) is 0 Å². The standard InChI is InChI=1S/C14H19BrFNO2/c1-4-12(17)14(2,8-13(18)19-3)10-6-5-9(15)7-11(10)16/h5-7,12H,4,8,17H2,1-3H3. The third-order valence-electron chi connectivity index (χ3n) is 3.54. The van der Waals surface area contributed by atoms with Crippen LogP contribution in [0.5, 0.6) is 0 Å². The molecule has 0 aromatic heterocycles. The summed E-state index contributed by atoms with van der Waals surface area (Å²) in [6, 6.07) is 4.46. The van der Waals surface area contributed by atoms with E-state index in [-0.39, 0.29) is 18.3 Å². The van der Waals surface area contributed by atoms with Crippen molar-refractivity contribution in [1.82, 2.24) is 0 Å². The summed E-state index contributed by atoms with van der Waals surface area (Å²) in [5.41, 5.74) is 5.76. The SMILES string of the molecule is CCC(N)C(C)(CC(=O)OC)c1ccc(Br)cc1F. The van der Waals surface area contributed by atoms with E-state index in [0.29, 0.717) is 16.5 Å². The van der Waals surface area contributed by atoms with E-state index in [1.54, 1.807) is 19.1 Å². The summed E-state index contributed by atoms with van der Waals surface area (Å²) in [5, 5.41) is 0. The van der Waals surface area contributed by atoms with Crippen LogP contribution in [0.1, 0.15) is 32.3 Å². The lowest BCUT2D eigenvalue weighted by Crippen LogP contribution is -2.45. The molecular formula is C14H19BrFNO2. The van der Waals surface area contributed by atoms with E-state index in [1.807, 2.05) is 6.92 Å². The smallest absolute Gasteiger partial charge is 0.306 e. The van der Waals surface area contributed by atoms with Gasteiger partial charge in [0.15, 0.2) is 0 Å². The van der Waals surface area contributed by atoms with Crippen molar-refractivity contribution in [2.75, 3.05) is 7.11 Å². The van der Waals surface area contributed by atoms with E-state index in [1.165, 1.54) is 13.2 Å². The average Bonchev–Trinajstić information content (AvgIpc) is 2.37. The summed E-state index contributed by atoms with van der Waals surface area (Å²) < 4.78 is 19.5. The topological polar surface area (TPSA) is 52.3 Å². The van der Waals surface area contributed by atoms with Crippen molar-refractivity contribution in [1.29, 1.82) is 0 Å². The van der Waals surface area contributed by atoms with Crippen molar-refractivity contribution < 1.29 is 13.9 Å². The van der Waals surface area contributed by atoms with Gasteiger partial charge >= 0.3 is 5.97 Å². The molecule has 0 aliphatic carbocycles. The molecule has 1 rings (SSSR count). The Balaban J connectivity index is 3.26. The number of ether oxygens (including phenoxy) is 1. The molecule has 0 amide bonds. The minimum absolute atomic E-state index is 0.0526. The molecule has 2 N–H and O–H groups in total. The van der Waals surface area contributed by atoms with Crippen LogP contribution < -0.4 is 5.73 Å². The number of hydrogen-bond donors (Lipinski definition) is 1. The Bertz CT molecular complexity index is 467. The van der Waals surface area contributed by atoms with Crippen LogP contribution in [0.2, 0.25) is 0 Å². The zero-order valence-electron chi connectivity index (χ0n) is 11.4. The monoisotopic (exact) mass is 331 g/mol. The van der Waals surface area contributed by atoms with Crippen LogP contribution in [-0.4, -0.2) is 19.1 Å². The number of carbonyl (C=O) groups is 1. The second-order valence-electron chi connectivity index (χ2n) is 4.81. The van der Waals surface area contributed by atoms with Gasteiger partial charge in [0.05, 0.1) is 13.5 Å². The fraction of sp³-hybridized carbons (Fsp3) is 0.500. The van der Waals surface area contributed by atoms with Gasteiger partial charge in [0, 0.05) is 15.9 Å². The van der Waals surface area contributed by atoms with E-state index >= 15 is 0 Å². The molecule has 0 aliphatic heterocycles. The predicted molar refractivity (Wildman–Crippen MR) is 76.4 cm³/mol. The van der Waals surface area contributed by atoms with Crippen molar-refractivity contribution in [2.24, 2.45) is 5.73 Å². The molecule has 1 aromatic rings. The van der Waals surface area contributed by atoms with Crippen LogP contribution in [0, 0.1) is 5.82 Å². The number of benzene rings is 1. The highest BCUT2D eigenvalue weighted by Gasteiger charge is 2.37. The maximum Gasteiger partial charge on any atom is 0.306 e. The first-order chi connectivity index (χ1) is 8.85. The zero-order chi connectivity index (χ0) is 14.6. The first kappa shape index (κ1) is 16.1. The van der Waals surface area contributed by atoms with Crippen molar-refractivity contribution in [3.05, 3.63) is 34.1 Å². The highest BCUT2D eigenvalue weighted by Crippen LogP contribution is 2.35. The molecule has 19 heavy (non-hydrogen) atoms. The molecule has 5 heteroatoms. The molecule has 0 radical (unpaired) electrons. The van der Waals surface area contributed by atoms with Gasteiger partial charge in [0.25, 0.3) is 0 Å². The summed E-state index contributed by atoms with van der Waals surface area (Å²) in [6.07, 6.45) is 0.695. The third-order valence-corrected chi connectivity index (χ3v) is 4.04. The molecule has 3 nitrogen and oxygen atoms in total. The highest BCUT2D eigenvalue weighted by molar-refractivity contribution is 9.10. The number of methoxy groups -OCH3 is 1. The van der Waals surface area contributed by atoms with Crippen LogP contribution in [-0.2, 0) is 14.9 Å². The fourth-order valence-corrected chi connectivity index (χ4v) is 2.53. The van der Waals surface area contributed by atoms with E-state index in [2.05, 4.69) is 15.9 Å². The molecule has 0 aliphatic rings. The summed E-state index contributed by atoms with van der Waals surface area (Å²) in [6.45, 7) is 3.71. The molecule has 0 fully saturated rings. The quantitative estimate of drug-likeness (QED) is 0.843. The Labute approximate surface area is 121 Å². The van der Waals surface area contributed by atoms with Crippen molar-refractivity contribution >= 4 is 21.9 Å². The molecule has 2 unspecified atom stereocenters. The van der Waals surface area contributed by atoms with Gasteiger partial charge < -0.3 is 10.5 Å². The largest absolute Gasteiger partial charge is 0.469 e. The summed E-state index contributed by atoms with van der Waals surface area (Å²) >= 11 is 3.22. The molecule has 0 heterocycles. The Morgan fingerprint density at radius 3 is 2.68 bits per heavy atom. The second kappa shape index (κ2) is 6.48. The molecule has 0 spiro atoms. The lowest BCUT2D eigenvalue weighted by atomic mass is 9.72. The average molecular weight is 332 g/mol. The fourth-order valence-electron chi connectivity index (χ4n) is 2.20. The lowest BCUT2D eigenvalue weighted by molar-refractivity contribution is -0.142. The molecular weight excluding hydrogens is 313 g/mol. The maximum absolute atomic E-state index is 14.2. The predicted octanol–water partition coefficient (Wildman–Crippen LogP) is 3.15. The normalized spacial score (nSPS) is 15.7. The van der Waals surface area contributed by atoms with Gasteiger partial charge in [-0.25, -0.2) is 4.39 Å². The number of nitrogens with two attached hydrogens (primary N) is 1. The van der Waals surface area contributed by atoms with Gasteiger partial charge in [-0.3, -0.25) is 4.79 Å². The summed E-state index contributed by atoms with van der Waals surface area (Å²) in [7, 11) is 1.32. The molecule has 1 aromatic carbocycles. The third kappa shape index (κ3) is 3.54. The Morgan fingerprint density at radius 1 is 1.58 bits per heavy atom. The zero-order valence-corrected chi connectivity index (χ0v) is 13.0. The van der Waals surface area contributed by atoms with E-state index in [0.717, 1.165) is 0 Å². The van der Waals surface area contributed by atoms with Crippen LogP contribution >= 0.6 is 15.9 Å². The van der Waals surface area contributed by atoms with Crippen LogP contribution in [0.3, 0.4) is 0 Å². The highest BCUT2D eigenvalue weighted by atomic mass is 79.9. The first-order valence-corrected chi connectivity index (χ1v) is 6.92. The van der Waals surface area contributed by atoms with Crippen LogP contribution in [0.4, 0.5) is 4.39 Å². The molecule has 0 bridgehead atoms. The molecule has 0 saturated carbocycles. The lowest BCUT2D eigenvalue weighted by Gasteiger charge is -2.35. The maximum atomic E-state index is 14.2. The van der Waals surface area contributed by atoms with Crippen molar-refractivity contribution in [3.8, 4) is 0 Å². The van der Waals surface area contributed by atoms with Crippen molar-refractivity contribution in [2.45, 2.75) is 38.1 Å². The Hall–Kier alpha value is -0.940. The Kier molecular flexibility index (Phi) is 5.50.